The monoisotopic (exact) mass is 474 g/mol. The second-order valence-electron chi connectivity index (χ2n) is 15.7. The number of hydrogen-bond donors (Lipinski definition) is 2. The highest BCUT2D eigenvalue weighted by Crippen LogP contribution is 2.44. The highest BCUT2D eigenvalue weighted by Gasteiger charge is 2.41. The molecule has 198 valence electrons. The van der Waals surface area contributed by atoms with Crippen molar-refractivity contribution in [3.05, 3.63) is 24.5 Å². The number of ether oxygens (including phenoxy) is 1. The molecule has 2 saturated heterocycles. The molecule has 0 aromatic heterocycles. The summed E-state index contributed by atoms with van der Waals surface area (Å²) in [6.45, 7) is 36.8. The molecular weight excluding hydrogens is 416 g/mol. The van der Waals surface area contributed by atoms with Gasteiger partial charge in [0, 0.05) is 40.4 Å². The lowest BCUT2D eigenvalue weighted by Crippen LogP contribution is -2.59. The lowest BCUT2D eigenvalue weighted by molar-refractivity contribution is -0.00792. The molecule has 0 aromatic rings. The fourth-order valence-corrected chi connectivity index (χ4v) is 6.92. The predicted molar refractivity (Wildman–Crippen MR) is 149 cm³/mol. The van der Waals surface area contributed by atoms with Crippen molar-refractivity contribution in [2.24, 2.45) is 16.7 Å². The van der Waals surface area contributed by atoms with Gasteiger partial charge in [0.15, 0.2) is 0 Å². The number of allylic oxidation sites excluding steroid dienone is 2. The van der Waals surface area contributed by atoms with E-state index in [0.29, 0.717) is 5.92 Å². The van der Waals surface area contributed by atoms with Crippen LogP contribution in [0.1, 0.15) is 128 Å². The van der Waals surface area contributed by atoms with E-state index < -0.39 is 0 Å². The van der Waals surface area contributed by atoms with E-state index in [9.17, 15) is 0 Å². The Morgan fingerprint density at radius 3 is 1.53 bits per heavy atom. The highest BCUT2D eigenvalue weighted by atomic mass is 16.5. The molecule has 0 amide bonds. The fraction of sp³-hybridized carbons (Fsp3) is 0.871. The average molecular weight is 475 g/mol. The van der Waals surface area contributed by atoms with Gasteiger partial charge in [-0.15, -0.1) is 0 Å². The zero-order valence-corrected chi connectivity index (χ0v) is 24.9. The molecule has 2 heterocycles. The van der Waals surface area contributed by atoms with Crippen molar-refractivity contribution in [3.63, 3.8) is 0 Å². The molecular formula is C31H58N2O. The molecule has 0 radical (unpaired) electrons. The van der Waals surface area contributed by atoms with Crippen LogP contribution in [-0.4, -0.2) is 28.3 Å². The van der Waals surface area contributed by atoms with Crippen LogP contribution < -0.4 is 10.6 Å². The maximum Gasteiger partial charge on any atom is 0.102 e. The number of piperidine rings is 2. The minimum Gasteiger partial charge on any atom is -0.495 e. The van der Waals surface area contributed by atoms with E-state index in [1.165, 1.54) is 18.4 Å². The van der Waals surface area contributed by atoms with Crippen LogP contribution in [0.15, 0.2) is 24.5 Å². The fourth-order valence-electron chi connectivity index (χ4n) is 6.92. The topological polar surface area (TPSA) is 33.3 Å². The standard InChI is InChI=1S/C31H58N2O/c1-22(17-24-18-28(7,8)32-29(9,10)19-24)26(3,4)15-16-27(5,6)23(2)34-25-20-30(11,12)33-31(13,14)21-25/h24-25,32-33H,1-2,15-21H2,3-14H3. The number of hydrogen-bond acceptors (Lipinski definition) is 3. The van der Waals surface area contributed by atoms with Gasteiger partial charge in [-0.2, -0.15) is 0 Å². The average Bonchev–Trinajstić information content (AvgIpc) is 2.54. The lowest BCUT2D eigenvalue weighted by Gasteiger charge is -2.48. The molecule has 2 rings (SSSR count). The predicted octanol–water partition coefficient (Wildman–Crippen LogP) is 8.16. The van der Waals surface area contributed by atoms with Crippen LogP contribution in [0.2, 0.25) is 0 Å². The smallest absolute Gasteiger partial charge is 0.102 e. The van der Waals surface area contributed by atoms with Gasteiger partial charge in [-0.3, -0.25) is 0 Å². The molecule has 0 atom stereocenters. The molecule has 0 aromatic carbocycles. The van der Waals surface area contributed by atoms with Gasteiger partial charge in [0.25, 0.3) is 0 Å². The Labute approximate surface area is 213 Å². The van der Waals surface area contributed by atoms with Gasteiger partial charge in [0.2, 0.25) is 0 Å². The van der Waals surface area contributed by atoms with E-state index in [-0.39, 0.29) is 39.1 Å². The summed E-state index contributed by atoms with van der Waals surface area (Å²) in [5, 5.41) is 7.57. The maximum atomic E-state index is 6.56. The van der Waals surface area contributed by atoms with Crippen molar-refractivity contribution in [1.29, 1.82) is 0 Å². The summed E-state index contributed by atoms with van der Waals surface area (Å²) in [7, 11) is 0. The van der Waals surface area contributed by atoms with Crippen LogP contribution in [0.3, 0.4) is 0 Å². The molecule has 2 aliphatic rings. The number of rotatable bonds is 9. The van der Waals surface area contributed by atoms with Gasteiger partial charge in [-0.05, 0) is 98.8 Å². The van der Waals surface area contributed by atoms with Crippen LogP contribution in [0.5, 0.6) is 0 Å². The molecule has 34 heavy (non-hydrogen) atoms. The van der Waals surface area contributed by atoms with Crippen LogP contribution in [0.4, 0.5) is 0 Å². The van der Waals surface area contributed by atoms with Crippen LogP contribution in [0, 0.1) is 16.7 Å². The van der Waals surface area contributed by atoms with Gasteiger partial charge >= 0.3 is 0 Å². The summed E-state index contributed by atoms with van der Waals surface area (Å²) in [5.41, 5.74) is 1.97. The first-order valence-electron chi connectivity index (χ1n) is 13.7. The second kappa shape index (κ2) is 9.58. The Balaban J connectivity index is 1.95. The van der Waals surface area contributed by atoms with Crippen molar-refractivity contribution in [1.82, 2.24) is 10.6 Å². The third kappa shape index (κ3) is 8.40. The normalized spacial score (nSPS) is 25.1. The third-order valence-electron chi connectivity index (χ3n) is 8.36. The van der Waals surface area contributed by atoms with Crippen LogP contribution >= 0.6 is 0 Å². The summed E-state index contributed by atoms with van der Waals surface area (Å²) >= 11 is 0. The quantitative estimate of drug-likeness (QED) is 0.261. The first kappa shape index (κ1) is 29.4. The molecule has 3 heteroatoms. The largest absolute Gasteiger partial charge is 0.495 e. The second-order valence-corrected chi connectivity index (χ2v) is 15.7. The molecule has 2 aliphatic heterocycles. The summed E-state index contributed by atoms with van der Waals surface area (Å²) in [4.78, 5) is 0. The van der Waals surface area contributed by atoms with Gasteiger partial charge in [-0.25, -0.2) is 0 Å². The van der Waals surface area contributed by atoms with E-state index in [4.69, 9.17) is 4.74 Å². The number of nitrogens with one attached hydrogen (secondary N) is 2. The van der Waals surface area contributed by atoms with Crippen molar-refractivity contribution >= 4 is 0 Å². The van der Waals surface area contributed by atoms with E-state index in [0.717, 1.165) is 37.9 Å². The Morgan fingerprint density at radius 2 is 1.09 bits per heavy atom. The van der Waals surface area contributed by atoms with Crippen molar-refractivity contribution in [2.45, 2.75) is 156 Å². The summed E-state index contributed by atoms with van der Waals surface area (Å²) in [6.07, 6.45) is 7.94. The molecule has 0 spiro atoms. The van der Waals surface area contributed by atoms with Gasteiger partial charge in [-0.1, -0.05) is 46.4 Å². The minimum absolute atomic E-state index is 0.0601. The summed E-state index contributed by atoms with van der Waals surface area (Å²) in [5.74, 6) is 1.63. The molecule has 2 fully saturated rings. The van der Waals surface area contributed by atoms with Crippen LogP contribution in [-0.2, 0) is 4.74 Å². The van der Waals surface area contributed by atoms with Crippen molar-refractivity contribution in [2.75, 3.05) is 0 Å². The lowest BCUT2D eigenvalue weighted by atomic mass is 9.68. The molecule has 3 nitrogen and oxygen atoms in total. The molecule has 0 saturated carbocycles. The first-order valence-corrected chi connectivity index (χ1v) is 13.7. The Hall–Kier alpha value is -0.800. The van der Waals surface area contributed by atoms with E-state index in [1.807, 2.05) is 0 Å². The maximum absolute atomic E-state index is 6.56. The SMILES string of the molecule is C=C(CC1CC(C)(C)NC(C)(C)C1)C(C)(C)CCC(C)(C)C(=C)OC1CC(C)(C)NC(C)(C)C1. The van der Waals surface area contributed by atoms with E-state index >= 15 is 0 Å². The van der Waals surface area contributed by atoms with E-state index in [2.05, 4.69) is 107 Å². The summed E-state index contributed by atoms with van der Waals surface area (Å²) in [6, 6.07) is 0. The molecule has 2 N–H and O–H groups in total. The highest BCUT2D eigenvalue weighted by molar-refractivity contribution is 5.12. The minimum atomic E-state index is -0.0601. The summed E-state index contributed by atoms with van der Waals surface area (Å²) < 4.78 is 6.56. The zero-order valence-electron chi connectivity index (χ0n) is 24.9. The van der Waals surface area contributed by atoms with Crippen LogP contribution in [0.25, 0.3) is 0 Å². The van der Waals surface area contributed by atoms with E-state index in [1.54, 1.807) is 0 Å². The van der Waals surface area contributed by atoms with Gasteiger partial charge in [0.1, 0.15) is 6.10 Å². The zero-order chi connectivity index (χ0) is 26.4. The molecule has 0 unspecified atom stereocenters. The van der Waals surface area contributed by atoms with Crippen molar-refractivity contribution < 1.29 is 4.74 Å². The first-order chi connectivity index (χ1) is 15.0. The van der Waals surface area contributed by atoms with Crippen molar-refractivity contribution in [3.8, 4) is 0 Å². The Kier molecular flexibility index (Phi) is 8.29. The Bertz CT molecular complexity index is 657. The Morgan fingerprint density at radius 1 is 0.706 bits per heavy atom. The van der Waals surface area contributed by atoms with Gasteiger partial charge < -0.3 is 15.4 Å². The molecule has 0 bridgehead atoms. The third-order valence-corrected chi connectivity index (χ3v) is 8.36. The molecule has 0 aliphatic carbocycles. The van der Waals surface area contributed by atoms with Gasteiger partial charge in [0.05, 0.1) is 5.76 Å².